The average Bonchev–Trinajstić information content (AvgIpc) is 2.15. The van der Waals surface area contributed by atoms with Crippen molar-refractivity contribution in [2.45, 2.75) is 19.2 Å². The number of halogens is 4. The Labute approximate surface area is 101 Å². The summed E-state index contributed by atoms with van der Waals surface area (Å²) < 4.78 is 41.4. The van der Waals surface area contributed by atoms with Crippen molar-refractivity contribution in [2.75, 3.05) is 0 Å². The van der Waals surface area contributed by atoms with Gasteiger partial charge in [0.05, 0.1) is 5.02 Å². The van der Waals surface area contributed by atoms with Crippen LogP contribution in [0.2, 0.25) is 5.02 Å². The van der Waals surface area contributed by atoms with Gasteiger partial charge in [-0.25, -0.2) is 0 Å². The van der Waals surface area contributed by atoms with Gasteiger partial charge in [-0.2, -0.15) is 13.2 Å². The van der Waals surface area contributed by atoms with Gasteiger partial charge in [-0.3, -0.25) is 5.41 Å². The summed E-state index contributed by atoms with van der Waals surface area (Å²) in [5.41, 5.74) is 5.46. The highest BCUT2D eigenvalue weighted by molar-refractivity contribution is 6.34. The van der Waals surface area contributed by atoms with Crippen molar-refractivity contribution < 1.29 is 17.9 Å². The largest absolute Gasteiger partial charge is 0.481 e. The van der Waals surface area contributed by atoms with Crippen LogP contribution >= 0.6 is 11.6 Å². The first-order chi connectivity index (χ1) is 7.71. The SMILES string of the molecule is CC(Oc1ccc(C(=N)N)c(Cl)c1)C(F)(F)F. The van der Waals surface area contributed by atoms with E-state index in [1.54, 1.807) is 0 Å². The second-order valence-electron chi connectivity index (χ2n) is 3.36. The maximum atomic E-state index is 12.2. The van der Waals surface area contributed by atoms with Crippen LogP contribution in [0.3, 0.4) is 0 Å². The molecule has 0 aliphatic rings. The molecule has 0 aliphatic carbocycles. The van der Waals surface area contributed by atoms with Crippen molar-refractivity contribution in [2.24, 2.45) is 5.73 Å². The van der Waals surface area contributed by atoms with E-state index in [0.29, 0.717) is 0 Å². The van der Waals surface area contributed by atoms with Crippen molar-refractivity contribution in [3.8, 4) is 5.75 Å². The molecule has 0 saturated carbocycles. The number of nitrogen functional groups attached to an aromatic ring is 1. The van der Waals surface area contributed by atoms with Crippen LogP contribution in [-0.2, 0) is 0 Å². The highest BCUT2D eigenvalue weighted by Crippen LogP contribution is 2.27. The number of rotatable bonds is 3. The summed E-state index contributed by atoms with van der Waals surface area (Å²) in [7, 11) is 0. The van der Waals surface area contributed by atoms with Gasteiger partial charge < -0.3 is 10.5 Å². The summed E-state index contributed by atoms with van der Waals surface area (Å²) >= 11 is 5.74. The van der Waals surface area contributed by atoms with E-state index in [1.807, 2.05) is 0 Å². The smallest absolute Gasteiger partial charge is 0.425 e. The molecular formula is C10H10ClF3N2O. The highest BCUT2D eigenvalue weighted by Gasteiger charge is 2.38. The molecule has 1 unspecified atom stereocenters. The van der Waals surface area contributed by atoms with Gasteiger partial charge in [0.25, 0.3) is 0 Å². The predicted molar refractivity (Wildman–Crippen MR) is 58.6 cm³/mol. The minimum Gasteiger partial charge on any atom is -0.481 e. The van der Waals surface area contributed by atoms with E-state index in [1.165, 1.54) is 18.2 Å². The third-order valence-corrected chi connectivity index (χ3v) is 2.32. The number of nitrogens with two attached hydrogens (primary N) is 1. The van der Waals surface area contributed by atoms with Gasteiger partial charge in [0.2, 0.25) is 0 Å². The van der Waals surface area contributed by atoms with Crippen LogP contribution < -0.4 is 10.5 Å². The fourth-order valence-electron chi connectivity index (χ4n) is 1.06. The van der Waals surface area contributed by atoms with Crippen molar-refractivity contribution in [1.82, 2.24) is 0 Å². The summed E-state index contributed by atoms with van der Waals surface area (Å²) in [6.07, 6.45) is -6.37. The molecule has 0 saturated heterocycles. The van der Waals surface area contributed by atoms with Crippen LogP contribution in [0.5, 0.6) is 5.75 Å². The third-order valence-electron chi connectivity index (χ3n) is 2.00. The molecule has 3 N–H and O–H groups in total. The average molecular weight is 267 g/mol. The van der Waals surface area contributed by atoms with E-state index in [9.17, 15) is 13.2 Å². The van der Waals surface area contributed by atoms with Crippen molar-refractivity contribution in [3.05, 3.63) is 28.8 Å². The Morgan fingerprint density at radius 1 is 1.47 bits per heavy atom. The zero-order chi connectivity index (χ0) is 13.2. The Morgan fingerprint density at radius 3 is 2.47 bits per heavy atom. The minimum absolute atomic E-state index is 0.0233. The third kappa shape index (κ3) is 3.52. The van der Waals surface area contributed by atoms with E-state index in [2.05, 4.69) is 4.74 Å². The first-order valence-electron chi connectivity index (χ1n) is 4.59. The fourth-order valence-corrected chi connectivity index (χ4v) is 1.33. The highest BCUT2D eigenvalue weighted by atomic mass is 35.5. The van der Waals surface area contributed by atoms with E-state index in [0.717, 1.165) is 6.92 Å². The molecule has 0 radical (unpaired) electrons. The molecule has 0 bridgehead atoms. The summed E-state index contributed by atoms with van der Waals surface area (Å²) in [5.74, 6) is -0.282. The van der Waals surface area contributed by atoms with Crippen LogP contribution in [-0.4, -0.2) is 18.1 Å². The molecule has 1 aromatic carbocycles. The normalized spacial score (nSPS) is 13.2. The molecule has 0 amide bonds. The Kier molecular flexibility index (Phi) is 3.87. The number of amidine groups is 1. The summed E-state index contributed by atoms with van der Waals surface area (Å²) in [6, 6.07) is 3.81. The van der Waals surface area contributed by atoms with Gasteiger partial charge in [-0.15, -0.1) is 0 Å². The van der Waals surface area contributed by atoms with Gasteiger partial charge in [-0.05, 0) is 25.1 Å². The molecule has 7 heteroatoms. The number of alkyl halides is 3. The number of ether oxygens (including phenoxy) is 1. The van der Waals surface area contributed by atoms with Crippen molar-refractivity contribution in [1.29, 1.82) is 5.41 Å². The monoisotopic (exact) mass is 266 g/mol. The van der Waals surface area contributed by atoms with Gasteiger partial charge in [0, 0.05) is 5.56 Å². The molecule has 0 heterocycles. The lowest BCUT2D eigenvalue weighted by Gasteiger charge is -2.18. The molecule has 17 heavy (non-hydrogen) atoms. The van der Waals surface area contributed by atoms with E-state index in [-0.39, 0.29) is 22.2 Å². The topological polar surface area (TPSA) is 59.1 Å². The number of hydrogen-bond acceptors (Lipinski definition) is 2. The van der Waals surface area contributed by atoms with Crippen LogP contribution in [0.1, 0.15) is 12.5 Å². The zero-order valence-electron chi connectivity index (χ0n) is 8.81. The molecule has 0 spiro atoms. The molecule has 1 aromatic rings. The van der Waals surface area contributed by atoms with Crippen LogP contribution in [0, 0.1) is 5.41 Å². The lowest BCUT2D eigenvalue weighted by molar-refractivity contribution is -0.189. The lowest BCUT2D eigenvalue weighted by Crippen LogP contribution is -2.31. The predicted octanol–water partition coefficient (Wildman–Crippen LogP) is 2.95. The van der Waals surface area contributed by atoms with E-state index in [4.69, 9.17) is 22.7 Å². The van der Waals surface area contributed by atoms with E-state index < -0.39 is 12.3 Å². The Hall–Kier alpha value is -1.43. The molecule has 94 valence electrons. The number of benzene rings is 1. The number of hydrogen-bond donors (Lipinski definition) is 2. The summed E-state index contributed by atoms with van der Waals surface area (Å²) in [4.78, 5) is 0. The minimum atomic E-state index is -4.44. The van der Waals surface area contributed by atoms with E-state index >= 15 is 0 Å². The number of nitrogens with one attached hydrogen (secondary N) is 1. The first kappa shape index (κ1) is 13.6. The fraction of sp³-hybridized carbons (Fsp3) is 0.300. The molecule has 1 rings (SSSR count). The van der Waals surface area contributed by atoms with Crippen LogP contribution in [0.15, 0.2) is 18.2 Å². The first-order valence-corrected chi connectivity index (χ1v) is 4.97. The van der Waals surface area contributed by atoms with Gasteiger partial charge >= 0.3 is 6.18 Å². The second-order valence-corrected chi connectivity index (χ2v) is 3.76. The standard InChI is InChI=1S/C10H10ClF3N2O/c1-5(10(12,13)14)17-6-2-3-7(9(15)16)8(11)4-6/h2-5H,1H3,(H3,15,16). The zero-order valence-corrected chi connectivity index (χ0v) is 9.56. The quantitative estimate of drug-likeness (QED) is 0.653. The van der Waals surface area contributed by atoms with Gasteiger partial charge in [-0.1, -0.05) is 11.6 Å². The maximum Gasteiger partial charge on any atom is 0.425 e. The molecule has 0 aliphatic heterocycles. The Bertz CT molecular complexity index is 434. The van der Waals surface area contributed by atoms with Crippen LogP contribution in [0.25, 0.3) is 0 Å². The molecule has 3 nitrogen and oxygen atoms in total. The lowest BCUT2D eigenvalue weighted by atomic mass is 10.2. The molecular weight excluding hydrogens is 257 g/mol. The molecule has 0 aromatic heterocycles. The Balaban J connectivity index is 2.88. The van der Waals surface area contributed by atoms with Crippen molar-refractivity contribution in [3.63, 3.8) is 0 Å². The Morgan fingerprint density at radius 2 is 2.06 bits per heavy atom. The van der Waals surface area contributed by atoms with Crippen LogP contribution in [0.4, 0.5) is 13.2 Å². The molecule has 0 fully saturated rings. The second kappa shape index (κ2) is 4.83. The maximum absolute atomic E-state index is 12.2. The summed E-state index contributed by atoms with van der Waals surface area (Å²) in [5, 5.41) is 7.23. The van der Waals surface area contributed by atoms with Gasteiger partial charge in [0.15, 0.2) is 6.10 Å². The summed E-state index contributed by atoms with van der Waals surface area (Å²) in [6.45, 7) is 0.896. The van der Waals surface area contributed by atoms with Crippen molar-refractivity contribution >= 4 is 17.4 Å². The van der Waals surface area contributed by atoms with Gasteiger partial charge in [0.1, 0.15) is 11.6 Å². The molecule has 1 atom stereocenters.